The van der Waals surface area contributed by atoms with Crippen molar-refractivity contribution >= 4 is 5.97 Å². The Kier molecular flexibility index (Phi) is 9.35. The normalized spacial score (nSPS) is 51.2. The molecular weight excluding hydrogens is 484 g/mol. The summed E-state index contributed by atoms with van der Waals surface area (Å²) < 4.78 is 26.4. The van der Waals surface area contributed by atoms with Gasteiger partial charge in [-0.1, -0.05) is 0 Å². The highest BCUT2D eigenvalue weighted by Gasteiger charge is 2.54. The van der Waals surface area contributed by atoms with Gasteiger partial charge in [0.1, 0.15) is 54.9 Å². The van der Waals surface area contributed by atoms with Crippen LogP contribution < -0.4 is 11.5 Å². The summed E-state index contributed by atoms with van der Waals surface area (Å²) in [6.45, 7) is -1.51. The van der Waals surface area contributed by atoms with Crippen molar-refractivity contribution in [2.75, 3.05) is 13.2 Å². The third-order valence-corrected chi connectivity index (χ3v) is 6.22. The fourth-order valence-electron chi connectivity index (χ4n) is 4.11. The lowest BCUT2D eigenvalue weighted by atomic mass is 9.95. The highest BCUT2D eigenvalue weighted by atomic mass is 16.7. The lowest BCUT2D eigenvalue weighted by Gasteiger charge is -2.47. The molecule has 13 N–H and O–H groups in total. The van der Waals surface area contributed by atoms with Crippen molar-refractivity contribution in [3.05, 3.63) is 0 Å². The van der Waals surface area contributed by atoms with Crippen LogP contribution in [0.5, 0.6) is 0 Å². The standard InChI is InChI=1S/C18H32N2O15/c19-5-9(25)12(4(2-22)31-16(5)30)33-18-11(27)10(26)13(14(35-18)15(28)29)34-17-6(20)8(24)7(23)3(1-21)32-17/h3-14,16-18,21-27,30H,1-2,19-20H2,(H,28,29)/t3-,4-,5-,6-,7-,8-,9-,10-,11-,12-,13+,14-,16+,17-,18-/m1/s1. The van der Waals surface area contributed by atoms with Crippen LogP contribution in [-0.2, 0) is 28.5 Å². The van der Waals surface area contributed by atoms with Crippen molar-refractivity contribution < 1.29 is 74.4 Å². The first-order chi connectivity index (χ1) is 16.4. The third-order valence-electron chi connectivity index (χ3n) is 6.22. The molecule has 3 aliphatic heterocycles. The first-order valence-electron chi connectivity index (χ1n) is 10.7. The second-order valence-electron chi connectivity index (χ2n) is 8.55. The van der Waals surface area contributed by atoms with Crippen LogP contribution in [-0.4, -0.2) is 157 Å². The summed E-state index contributed by atoms with van der Waals surface area (Å²) in [7, 11) is 0. The Labute approximate surface area is 197 Å². The third kappa shape index (κ3) is 5.59. The van der Waals surface area contributed by atoms with Crippen LogP contribution in [0.3, 0.4) is 0 Å². The zero-order valence-corrected chi connectivity index (χ0v) is 18.2. The predicted octanol–water partition coefficient (Wildman–Crippen LogP) is -7.55. The van der Waals surface area contributed by atoms with Gasteiger partial charge in [-0.2, -0.15) is 0 Å². The van der Waals surface area contributed by atoms with E-state index in [1.807, 2.05) is 0 Å². The Balaban J connectivity index is 1.77. The Hall–Kier alpha value is -1.13. The van der Waals surface area contributed by atoms with Crippen molar-refractivity contribution in [1.29, 1.82) is 0 Å². The second-order valence-corrected chi connectivity index (χ2v) is 8.55. The molecule has 0 aromatic carbocycles. The maximum absolute atomic E-state index is 11.9. The van der Waals surface area contributed by atoms with E-state index in [0.29, 0.717) is 0 Å². The lowest BCUT2D eigenvalue weighted by molar-refractivity contribution is -0.359. The molecule has 3 saturated heterocycles. The smallest absolute Gasteiger partial charge is 0.335 e. The topological polar surface area (TPSA) is 297 Å². The molecule has 0 radical (unpaired) electrons. The summed E-state index contributed by atoms with van der Waals surface area (Å²) >= 11 is 0. The number of ether oxygens (including phenoxy) is 5. The number of hydrogen-bond donors (Lipinski definition) is 11. The van der Waals surface area contributed by atoms with E-state index in [9.17, 15) is 50.8 Å². The molecule has 17 nitrogen and oxygen atoms in total. The number of aliphatic hydroxyl groups is 8. The number of hydrogen-bond acceptors (Lipinski definition) is 16. The van der Waals surface area contributed by atoms with Gasteiger partial charge in [-0.15, -0.1) is 0 Å². The molecule has 3 rings (SSSR count). The molecule has 3 aliphatic rings. The van der Waals surface area contributed by atoms with Gasteiger partial charge in [0, 0.05) is 0 Å². The fraction of sp³-hybridized carbons (Fsp3) is 0.944. The summed E-state index contributed by atoms with van der Waals surface area (Å²) in [5.41, 5.74) is 11.4. The second kappa shape index (κ2) is 11.5. The maximum Gasteiger partial charge on any atom is 0.335 e. The van der Waals surface area contributed by atoms with E-state index in [4.69, 9.17) is 35.2 Å². The quantitative estimate of drug-likeness (QED) is 0.150. The predicted molar refractivity (Wildman–Crippen MR) is 106 cm³/mol. The minimum Gasteiger partial charge on any atom is -0.479 e. The van der Waals surface area contributed by atoms with Crippen LogP contribution in [0.25, 0.3) is 0 Å². The number of nitrogens with two attached hydrogens (primary N) is 2. The maximum atomic E-state index is 11.9. The van der Waals surface area contributed by atoms with Gasteiger partial charge in [0.05, 0.1) is 25.3 Å². The highest BCUT2D eigenvalue weighted by molar-refractivity contribution is 5.73. The Morgan fingerprint density at radius 1 is 0.686 bits per heavy atom. The van der Waals surface area contributed by atoms with Gasteiger partial charge < -0.3 is 81.1 Å². The van der Waals surface area contributed by atoms with E-state index < -0.39 is 111 Å². The molecular formula is C18H32N2O15. The summed E-state index contributed by atoms with van der Waals surface area (Å²) in [6, 6.07) is -2.82. The minimum atomic E-state index is -2.02. The number of carboxylic acids is 1. The van der Waals surface area contributed by atoms with E-state index in [1.54, 1.807) is 0 Å². The SMILES string of the molecule is N[C@@H]1[C@@H](O)[C@H](O[C@@H]2O[C@@H](C(=O)O)[C@@H](O[C@H]3O[C@H](CO)[C@@H](O)[C@H](O)[C@H]3N)[C@H](O)[C@H]2O)[C@@H](CO)O[C@@H]1O. The average molecular weight is 516 g/mol. The molecule has 0 bridgehead atoms. The largest absolute Gasteiger partial charge is 0.479 e. The molecule has 0 spiro atoms. The average Bonchev–Trinajstić information content (AvgIpc) is 2.83. The number of rotatable bonds is 7. The molecule has 0 saturated carbocycles. The highest BCUT2D eigenvalue weighted by Crippen LogP contribution is 2.31. The van der Waals surface area contributed by atoms with E-state index in [0.717, 1.165) is 0 Å². The first kappa shape index (κ1) is 28.4. The van der Waals surface area contributed by atoms with Crippen LogP contribution in [0.4, 0.5) is 0 Å². The minimum absolute atomic E-state index is 0.746. The van der Waals surface area contributed by atoms with Crippen molar-refractivity contribution in [1.82, 2.24) is 0 Å². The van der Waals surface area contributed by atoms with Crippen molar-refractivity contribution in [3.8, 4) is 0 Å². The summed E-state index contributed by atoms with van der Waals surface area (Å²) in [4.78, 5) is 11.9. The van der Waals surface area contributed by atoms with E-state index in [-0.39, 0.29) is 0 Å². The Morgan fingerprint density at radius 3 is 1.86 bits per heavy atom. The first-order valence-corrected chi connectivity index (χ1v) is 10.7. The summed E-state index contributed by atoms with van der Waals surface area (Å²) in [6.07, 6.45) is -22.1. The van der Waals surface area contributed by atoms with Crippen LogP contribution in [0, 0.1) is 0 Å². The molecule has 3 heterocycles. The van der Waals surface area contributed by atoms with Crippen molar-refractivity contribution in [2.45, 2.75) is 92.0 Å². The van der Waals surface area contributed by atoms with Gasteiger partial charge in [0.25, 0.3) is 0 Å². The molecule has 17 heteroatoms. The van der Waals surface area contributed by atoms with E-state index in [1.165, 1.54) is 0 Å². The molecule has 0 aromatic heterocycles. The lowest BCUT2D eigenvalue weighted by Crippen LogP contribution is -2.68. The van der Waals surface area contributed by atoms with Gasteiger partial charge >= 0.3 is 5.97 Å². The zero-order valence-electron chi connectivity index (χ0n) is 18.2. The molecule has 0 aliphatic carbocycles. The van der Waals surface area contributed by atoms with Crippen LogP contribution in [0.1, 0.15) is 0 Å². The molecule has 204 valence electrons. The van der Waals surface area contributed by atoms with Crippen LogP contribution in [0.2, 0.25) is 0 Å². The van der Waals surface area contributed by atoms with E-state index in [2.05, 4.69) is 0 Å². The summed E-state index contributed by atoms with van der Waals surface area (Å²) in [5.74, 6) is -1.68. The number of carbonyl (C=O) groups is 1. The van der Waals surface area contributed by atoms with Crippen LogP contribution in [0.15, 0.2) is 0 Å². The molecule has 0 unspecified atom stereocenters. The number of aliphatic carboxylic acids is 1. The summed E-state index contributed by atoms with van der Waals surface area (Å²) in [5, 5.41) is 89.6. The van der Waals surface area contributed by atoms with Crippen molar-refractivity contribution in [3.63, 3.8) is 0 Å². The van der Waals surface area contributed by atoms with E-state index >= 15 is 0 Å². The van der Waals surface area contributed by atoms with Crippen LogP contribution >= 0.6 is 0 Å². The zero-order chi connectivity index (χ0) is 26.2. The van der Waals surface area contributed by atoms with Crippen molar-refractivity contribution in [2.24, 2.45) is 11.5 Å². The molecule has 0 amide bonds. The Morgan fingerprint density at radius 2 is 1.29 bits per heavy atom. The van der Waals surface area contributed by atoms with Gasteiger partial charge in [-0.3, -0.25) is 0 Å². The van der Waals surface area contributed by atoms with Gasteiger partial charge in [-0.05, 0) is 0 Å². The Bertz CT molecular complexity index is 715. The molecule has 3 fully saturated rings. The van der Waals surface area contributed by atoms with Gasteiger partial charge in [-0.25, -0.2) is 4.79 Å². The number of aliphatic hydroxyl groups excluding tert-OH is 8. The van der Waals surface area contributed by atoms with Gasteiger partial charge in [0.2, 0.25) is 0 Å². The number of carboxylic acid groups (broad SMARTS) is 1. The fourth-order valence-corrected chi connectivity index (χ4v) is 4.11. The molecule has 15 atom stereocenters. The molecule has 35 heavy (non-hydrogen) atoms. The molecule has 0 aromatic rings. The van der Waals surface area contributed by atoms with Gasteiger partial charge in [0.15, 0.2) is 25.0 Å². The monoisotopic (exact) mass is 516 g/mol.